The van der Waals surface area contributed by atoms with E-state index in [9.17, 15) is 0 Å². The second-order valence-corrected chi connectivity index (χ2v) is 5.15. The molecule has 0 radical (unpaired) electrons. The van der Waals surface area contributed by atoms with Crippen LogP contribution in [0.15, 0.2) is 22.7 Å². The molecule has 1 fully saturated rings. The van der Waals surface area contributed by atoms with Crippen molar-refractivity contribution in [3.8, 4) is 6.07 Å². The summed E-state index contributed by atoms with van der Waals surface area (Å²) < 4.78 is 6.26. The van der Waals surface area contributed by atoms with Gasteiger partial charge in [-0.1, -0.05) is 15.9 Å². The molecule has 1 aliphatic rings. The second kappa shape index (κ2) is 6.04. The molecule has 1 aliphatic heterocycles. The van der Waals surface area contributed by atoms with Gasteiger partial charge in [0.05, 0.1) is 11.3 Å². The highest BCUT2D eigenvalue weighted by Gasteiger charge is 2.13. The van der Waals surface area contributed by atoms with Crippen molar-refractivity contribution in [2.75, 3.05) is 25.1 Å². The van der Waals surface area contributed by atoms with Crippen molar-refractivity contribution in [3.05, 3.63) is 28.2 Å². The predicted molar refractivity (Wildman–Crippen MR) is 70.9 cm³/mol. The summed E-state index contributed by atoms with van der Waals surface area (Å²) in [6.07, 6.45) is 2.21. The lowest BCUT2D eigenvalue weighted by atomic mass is 10.0. The van der Waals surface area contributed by atoms with E-state index < -0.39 is 0 Å². The van der Waals surface area contributed by atoms with E-state index in [1.807, 2.05) is 18.2 Å². The van der Waals surface area contributed by atoms with Crippen LogP contribution >= 0.6 is 15.9 Å². The quantitative estimate of drug-likeness (QED) is 0.931. The van der Waals surface area contributed by atoms with Crippen molar-refractivity contribution >= 4 is 21.6 Å². The molecule has 1 aromatic rings. The molecule has 0 atom stereocenters. The number of hydrogen-bond donors (Lipinski definition) is 1. The monoisotopic (exact) mass is 294 g/mol. The molecule has 3 nitrogen and oxygen atoms in total. The SMILES string of the molecule is N#Cc1cc(Br)ccc1NCC1CCOCC1. The largest absolute Gasteiger partial charge is 0.384 e. The highest BCUT2D eigenvalue weighted by atomic mass is 79.9. The van der Waals surface area contributed by atoms with Gasteiger partial charge >= 0.3 is 0 Å². The van der Waals surface area contributed by atoms with Gasteiger partial charge in [-0.2, -0.15) is 5.26 Å². The number of nitrogens with zero attached hydrogens (tertiary/aromatic N) is 1. The summed E-state index contributed by atoms with van der Waals surface area (Å²) in [5.74, 6) is 0.652. The van der Waals surface area contributed by atoms with Crippen LogP contribution < -0.4 is 5.32 Å². The van der Waals surface area contributed by atoms with Crippen molar-refractivity contribution in [1.29, 1.82) is 5.26 Å². The number of rotatable bonds is 3. The molecule has 4 heteroatoms. The fraction of sp³-hybridized carbons (Fsp3) is 0.462. The molecular formula is C13H15BrN2O. The summed E-state index contributed by atoms with van der Waals surface area (Å²) in [6.45, 7) is 2.63. The van der Waals surface area contributed by atoms with Gasteiger partial charge in [0.1, 0.15) is 6.07 Å². The Kier molecular flexibility index (Phi) is 4.41. The van der Waals surface area contributed by atoms with Gasteiger partial charge in [-0.25, -0.2) is 0 Å². The molecule has 17 heavy (non-hydrogen) atoms. The van der Waals surface area contributed by atoms with Gasteiger partial charge in [0.2, 0.25) is 0 Å². The summed E-state index contributed by atoms with van der Waals surface area (Å²) in [7, 11) is 0. The lowest BCUT2D eigenvalue weighted by Crippen LogP contribution is -2.22. The van der Waals surface area contributed by atoms with Gasteiger partial charge in [0.25, 0.3) is 0 Å². The molecule has 2 rings (SSSR count). The Labute approximate surface area is 110 Å². The standard InChI is InChI=1S/C13H15BrN2O/c14-12-1-2-13(11(7-12)8-15)16-9-10-3-5-17-6-4-10/h1-2,7,10,16H,3-6,9H2. The Morgan fingerprint density at radius 2 is 2.18 bits per heavy atom. The number of nitriles is 1. The van der Waals surface area contributed by atoms with Gasteiger partial charge in [-0.15, -0.1) is 0 Å². The molecule has 0 aromatic heterocycles. The van der Waals surface area contributed by atoms with Crippen LogP contribution in [0.4, 0.5) is 5.69 Å². The van der Waals surface area contributed by atoms with E-state index in [1.54, 1.807) is 0 Å². The summed E-state index contributed by atoms with van der Waals surface area (Å²) in [5.41, 5.74) is 1.61. The summed E-state index contributed by atoms with van der Waals surface area (Å²) in [4.78, 5) is 0. The van der Waals surface area contributed by atoms with Gasteiger partial charge in [0, 0.05) is 24.2 Å². The average Bonchev–Trinajstić information content (AvgIpc) is 2.38. The van der Waals surface area contributed by atoms with E-state index in [4.69, 9.17) is 10.00 Å². The molecule has 90 valence electrons. The van der Waals surface area contributed by atoms with Crippen molar-refractivity contribution in [2.24, 2.45) is 5.92 Å². The van der Waals surface area contributed by atoms with E-state index in [0.29, 0.717) is 11.5 Å². The number of nitrogens with one attached hydrogen (secondary N) is 1. The predicted octanol–water partition coefficient (Wildman–Crippen LogP) is 3.16. The average molecular weight is 295 g/mol. The number of benzene rings is 1. The third-order valence-corrected chi connectivity index (χ3v) is 3.52. The highest BCUT2D eigenvalue weighted by Crippen LogP contribution is 2.22. The normalized spacial score (nSPS) is 16.5. The zero-order valence-electron chi connectivity index (χ0n) is 9.58. The first-order chi connectivity index (χ1) is 8.29. The number of ether oxygens (including phenoxy) is 1. The van der Waals surface area contributed by atoms with Crippen LogP contribution in [0, 0.1) is 17.2 Å². The highest BCUT2D eigenvalue weighted by molar-refractivity contribution is 9.10. The summed E-state index contributed by atoms with van der Waals surface area (Å²) in [6, 6.07) is 7.94. The fourth-order valence-corrected chi connectivity index (χ4v) is 2.33. The Morgan fingerprint density at radius 1 is 1.41 bits per heavy atom. The third kappa shape index (κ3) is 3.45. The van der Waals surface area contributed by atoms with E-state index in [-0.39, 0.29) is 0 Å². The first kappa shape index (κ1) is 12.4. The maximum atomic E-state index is 9.05. The van der Waals surface area contributed by atoms with Crippen LogP contribution in [0.5, 0.6) is 0 Å². The molecule has 1 saturated heterocycles. The van der Waals surface area contributed by atoms with E-state index >= 15 is 0 Å². The van der Waals surface area contributed by atoms with Crippen LogP contribution in [-0.2, 0) is 4.74 Å². The Bertz CT molecular complexity index is 422. The van der Waals surface area contributed by atoms with Crippen molar-refractivity contribution < 1.29 is 4.74 Å². The Hall–Kier alpha value is -1.05. The molecule has 0 amide bonds. The lowest BCUT2D eigenvalue weighted by Gasteiger charge is -2.22. The van der Waals surface area contributed by atoms with Crippen LogP contribution in [0.1, 0.15) is 18.4 Å². The molecule has 1 aromatic carbocycles. The second-order valence-electron chi connectivity index (χ2n) is 4.24. The number of halogens is 1. The molecule has 1 heterocycles. The van der Waals surface area contributed by atoms with Gasteiger partial charge in [-0.05, 0) is 37.0 Å². The zero-order valence-corrected chi connectivity index (χ0v) is 11.2. The number of hydrogen-bond acceptors (Lipinski definition) is 3. The minimum atomic E-state index is 0.652. The van der Waals surface area contributed by atoms with E-state index in [2.05, 4.69) is 27.3 Å². The first-order valence-corrected chi connectivity index (χ1v) is 6.60. The van der Waals surface area contributed by atoms with Crippen LogP contribution in [0.3, 0.4) is 0 Å². The maximum Gasteiger partial charge on any atom is 0.101 e. The minimum Gasteiger partial charge on any atom is -0.384 e. The molecule has 0 bridgehead atoms. The summed E-state index contributed by atoms with van der Waals surface area (Å²) >= 11 is 3.37. The topological polar surface area (TPSA) is 45.0 Å². The van der Waals surface area contributed by atoms with Gasteiger partial charge in [-0.3, -0.25) is 0 Å². The van der Waals surface area contributed by atoms with Crippen molar-refractivity contribution in [3.63, 3.8) is 0 Å². The van der Waals surface area contributed by atoms with E-state index in [1.165, 1.54) is 0 Å². The molecule has 0 unspecified atom stereocenters. The van der Waals surface area contributed by atoms with Crippen LogP contribution in [0.2, 0.25) is 0 Å². The van der Waals surface area contributed by atoms with Crippen molar-refractivity contribution in [2.45, 2.75) is 12.8 Å². The Balaban J connectivity index is 1.96. The van der Waals surface area contributed by atoms with Crippen LogP contribution in [0.25, 0.3) is 0 Å². The maximum absolute atomic E-state index is 9.05. The molecule has 0 aliphatic carbocycles. The molecule has 1 N–H and O–H groups in total. The number of anilines is 1. The summed E-state index contributed by atoms with van der Waals surface area (Å²) in [5, 5.41) is 12.4. The molecule has 0 saturated carbocycles. The lowest BCUT2D eigenvalue weighted by molar-refractivity contribution is 0.0699. The molecule has 0 spiro atoms. The van der Waals surface area contributed by atoms with Gasteiger partial charge in [0.15, 0.2) is 0 Å². The third-order valence-electron chi connectivity index (χ3n) is 3.02. The molecular weight excluding hydrogens is 280 g/mol. The van der Waals surface area contributed by atoms with Crippen molar-refractivity contribution in [1.82, 2.24) is 0 Å². The van der Waals surface area contributed by atoms with Gasteiger partial charge < -0.3 is 10.1 Å². The van der Waals surface area contributed by atoms with Crippen LogP contribution in [-0.4, -0.2) is 19.8 Å². The van der Waals surface area contributed by atoms with E-state index in [0.717, 1.165) is 42.8 Å². The smallest absolute Gasteiger partial charge is 0.101 e. The first-order valence-electron chi connectivity index (χ1n) is 5.81. The fourth-order valence-electron chi connectivity index (χ4n) is 1.97. The zero-order chi connectivity index (χ0) is 12.1. The Morgan fingerprint density at radius 3 is 2.88 bits per heavy atom. The minimum absolute atomic E-state index is 0.652.